The molecule has 5 aromatic rings. The Labute approximate surface area is 179 Å². The Morgan fingerprint density at radius 2 is 0.967 bits per heavy atom. The number of fused-ring (bicyclic) bond motifs is 2. The Hall–Kier alpha value is -3.32. The number of aryl methyl sites for hydroxylation is 3. The molecule has 0 unspecified atom stereocenters. The summed E-state index contributed by atoms with van der Waals surface area (Å²) in [5, 5.41) is 5.38. The normalized spacial score (nSPS) is 11.2. The quantitative estimate of drug-likeness (QED) is 0.265. The number of hydrogen-bond acceptors (Lipinski definition) is 0. The number of rotatable bonds is 3. The van der Waals surface area contributed by atoms with Crippen LogP contribution in [0.3, 0.4) is 0 Å². The highest BCUT2D eigenvalue weighted by Crippen LogP contribution is 2.35. The van der Waals surface area contributed by atoms with Crippen LogP contribution in [0.5, 0.6) is 0 Å². The SMILES string of the molecule is Cc1cc(C)c(Bc2c3ccccc3c(-c3ccccc3)c3ccccc23)c(C)c1. The molecule has 1 heteroatoms. The zero-order valence-corrected chi connectivity index (χ0v) is 17.9. The van der Waals surface area contributed by atoms with E-state index in [0.29, 0.717) is 0 Å². The zero-order chi connectivity index (χ0) is 20.7. The van der Waals surface area contributed by atoms with Crippen molar-refractivity contribution in [3.8, 4) is 11.1 Å². The Bertz CT molecular complexity index is 1300. The second kappa shape index (κ2) is 7.50. The van der Waals surface area contributed by atoms with E-state index in [1.807, 2.05) is 0 Å². The Morgan fingerprint density at radius 3 is 1.50 bits per heavy atom. The summed E-state index contributed by atoms with van der Waals surface area (Å²) in [4.78, 5) is 0. The summed E-state index contributed by atoms with van der Waals surface area (Å²) in [7, 11) is 0.952. The van der Waals surface area contributed by atoms with Gasteiger partial charge in [0.15, 0.2) is 7.28 Å². The van der Waals surface area contributed by atoms with Gasteiger partial charge < -0.3 is 0 Å². The van der Waals surface area contributed by atoms with E-state index < -0.39 is 0 Å². The van der Waals surface area contributed by atoms with Gasteiger partial charge in [0, 0.05) is 0 Å². The van der Waals surface area contributed by atoms with Crippen LogP contribution in [0.2, 0.25) is 0 Å². The van der Waals surface area contributed by atoms with E-state index in [1.54, 1.807) is 0 Å². The highest BCUT2D eigenvalue weighted by Gasteiger charge is 2.17. The molecular weight excluding hydrogens is 359 g/mol. The predicted molar refractivity (Wildman–Crippen MR) is 134 cm³/mol. The number of benzene rings is 5. The van der Waals surface area contributed by atoms with E-state index in [9.17, 15) is 0 Å². The van der Waals surface area contributed by atoms with Crippen molar-refractivity contribution in [2.24, 2.45) is 0 Å². The Balaban J connectivity index is 1.86. The summed E-state index contributed by atoms with van der Waals surface area (Å²) in [5.74, 6) is 0. The minimum absolute atomic E-state index is 0.952. The molecule has 0 saturated carbocycles. The first kappa shape index (κ1) is 18.7. The molecule has 0 radical (unpaired) electrons. The van der Waals surface area contributed by atoms with E-state index in [1.165, 1.54) is 60.3 Å². The van der Waals surface area contributed by atoms with Crippen LogP contribution < -0.4 is 10.9 Å². The highest BCUT2D eigenvalue weighted by atomic mass is 14.1. The highest BCUT2D eigenvalue weighted by molar-refractivity contribution is 6.73. The predicted octanol–water partition coefficient (Wildman–Crippen LogP) is 5.97. The topological polar surface area (TPSA) is 0 Å². The Kier molecular flexibility index (Phi) is 4.67. The number of hydrogen-bond donors (Lipinski definition) is 0. The third kappa shape index (κ3) is 3.11. The van der Waals surface area contributed by atoms with Crippen molar-refractivity contribution in [3.63, 3.8) is 0 Å². The molecule has 5 aromatic carbocycles. The molecule has 0 heterocycles. The maximum atomic E-state index is 2.31. The molecule has 0 saturated heterocycles. The van der Waals surface area contributed by atoms with Gasteiger partial charge in [-0.2, -0.15) is 0 Å². The molecule has 30 heavy (non-hydrogen) atoms. The van der Waals surface area contributed by atoms with Crippen LogP contribution >= 0.6 is 0 Å². The van der Waals surface area contributed by atoms with Gasteiger partial charge >= 0.3 is 0 Å². The molecule has 0 bridgehead atoms. The van der Waals surface area contributed by atoms with Crippen LogP contribution in [0.15, 0.2) is 91.0 Å². The molecule has 0 nitrogen and oxygen atoms in total. The van der Waals surface area contributed by atoms with E-state index in [-0.39, 0.29) is 0 Å². The average molecular weight is 384 g/mol. The average Bonchev–Trinajstić information content (AvgIpc) is 2.76. The van der Waals surface area contributed by atoms with Crippen molar-refractivity contribution in [3.05, 3.63) is 108 Å². The molecule has 0 atom stereocenters. The summed E-state index contributed by atoms with van der Waals surface area (Å²) in [5.41, 5.74) is 9.59. The van der Waals surface area contributed by atoms with Crippen molar-refractivity contribution < 1.29 is 0 Å². The summed E-state index contributed by atoms with van der Waals surface area (Å²) in [6.45, 7) is 6.68. The molecule has 144 valence electrons. The van der Waals surface area contributed by atoms with Crippen LogP contribution in [-0.2, 0) is 0 Å². The zero-order valence-electron chi connectivity index (χ0n) is 17.9. The van der Waals surface area contributed by atoms with Crippen LogP contribution in [0.1, 0.15) is 16.7 Å². The van der Waals surface area contributed by atoms with Gasteiger partial charge in [-0.1, -0.05) is 119 Å². The molecule has 0 aliphatic rings. The van der Waals surface area contributed by atoms with Gasteiger partial charge in [-0.05, 0) is 53.4 Å². The molecule has 0 aliphatic heterocycles. The van der Waals surface area contributed by atoms with Gasteiger partial charge in [-0.3, -0.25) is 0 Å². The molecular formula is C29H25B. The van der Waals surface area contributed by atoms with Crippen LogP contribution in [0.25, 0.3) is 32.7 Å². The first-order valence-electron chi connectivity index (χ1n) is 10.7. The third-order valence-corrected chi connectivity index (χ3v) is 6.30. The monoisotopic (exact) mass is 384 g/mol. The van der Waals surface area contributed by atoms with Gasteiger partial charge in [0.2, 0.25) is 0 Å². The fraction of sp³-hybridized carbons (Fsp3) is 0.103. The van der Waals surface area contributed by atoms with Gasteiger partial charge in [-0.15, -0.1) is 0 Å². The fourth-order valence-corrected chi connectivity index (χ4v) is 4.99. The van der Waals surface area contributed by atoms with Crippen LogP contribution in [0, 0.1) is 20.8 Å². The van der Waals surface area contributed by atoms with Crippen molar-refractivity contribution >= 4 is 39.8 Å². The fourth-order valence-electron chi connectivity index (χ4n) is 4.99. The van der Waals surface area contributed by atoms with Gasteiger partial charge in [0.05, 0.1) is 0 Å². The minimum atomic E-state index is 0.952. The van der Waals surface area contributed by atoms with Gasteiger partial charge in [-0.25, -0.2) is 0 Å². The molecule has 0 amide bonds. The van der Waals surface area contributed by atoms with Crippen molar-refractivity contribution in [2.75, 3.05) is 0 Å². The van der Waals surface area contributed by atoms with Gasteiger partial charge in [0.1, 0.15) is 0 Å². The van der Waals surface area contributed by atoms with Crippen molar-refractivity contribution in [2.45, 2.75) is 20.8 Å². The maximum absolute atomic E-state index is 2.31. The molecule has 0 spiro atoms. The second-order valence-electron chi connectivity index (χ2n) is 8.36. The molecule has 0 fully saturated rings. The lowest BCUT2D eigenvalue weighted by Gasteiger charge is -2.18. The third-order valence-electron chi connectivity index (χ3n) is 6.30. The summed E-state index contributed by atoms with van der Waals surface area (Å²) < 4.78 is 0. The lowest BCUT2D eigenvalue weighted by molar-refractivity contribution is 1.35. The minimum Gasteiger partial charge on any atom is -0.0728 e. The smallest absolute Gasteiger partial charge is 0.0728 e. The second-order valence-corrected chi connectivity index (χ2v) is 8.36. The Morgan fingerprint density at radius 1 is 0.500 bits per heavy atom. The van der Waals surface area contributed by atoms with Crippen molar-refractivity contribution in [1.29, 1.82) is 0 Å². The van der Waals surface area contributed by atoms with E-state index in [4.69, 9.17) is 0 Å². The summed E-state index contributed by atoms with van der Waals surface area (Å²) in [6, 6.07) is 33.2. The lowest BCUT2D eigenvalue weighted by atomic mass is 9.58. The van der Waals surface area contributed by atoms with E-state index in [0.717, 1.165) is 7.28 Å². The standard InChI is InChI=1S/C29H25B/c1-19-17-20(2)28(21(3)18-19)30-29-25-15-9-7-13-23(25)27(22-11-5-4-6-12-22)24-14-8-10-16-26(24)29/h4-18,30H,1-3H3. The summed E-state index contributed by atoms with van der Waals surface area (Å²) in [6.07, 6.45) is 0. The largest absolute Gasteiger partial charge is 0.194 e. The first-order chi connectivity index (χ1) is 14.6. The van der Waals surface area contributed by atoms with Crippen LogP contribution in [-0.4, -0.2) is 7.28 Å². The maximum Gasteiger partial charge on any atom is 0.194 e. The summed E-state index contributed by atoms with van der Waals surface area (Å²) >= 11 is 0. The first-order valence-corrected chi connectivity index (χ1v) is 10.7. The lowest BCUT2D eigenvalue weighted by Crippen LogP contribution is -2.32. The molecule has 0 N–H and O–H groups in total. The molecule has 0 aliphatic carbocycles. The van der Waals surface area contributed by atoms with Gasteiger partial charge in [0.25, 0.3) is 0 Å². The van der Waals surface area contributed by atoms with Crippen molar-refractivity contribution in [1.82, 2.24) is 0 Å². The van der Waals surface area contributed by atoms with E-state index >= 15 is 0 Å². The molecule has 0 aromatic heterocycles. The van der Waals surface area contributed by atoms with E-state index in [2.05, 4.69) is 112 Å². The molecule has 5 rings (SSSR count). The van der Waals surface area contributed by atoms with Crippen LogP contribution in [0.4, 0.5) is 0 Å².